The molecule has 2 N–H and O–H groups in total. The zero-order chi connectivity index (χ0) is 21.0. The highest BCUT2D eigenvalue weighted by Crippen LogP contribution is 2.26. The summed E-state index contributed by atoms with van der Waals surface area (Å²) in [5.41, 5.74) is 2.23. The molecule has 0 saturated heterocycles. The van der Waals surface area contributed by atoms with E-state index in [-0.39, 0.29) is 11.8 Å². The van der Waals surface area contributed by atoms with E-state index in [0.717, 1.165) is 43.4 Å². The summed E-state index contributed by atoms with van der Waals surface area (Å²) in [7, 11) is -1.61. The van der Waals surface area contributed by atoms with Crippen LogP contribution in [0.5, 0.6) is 0 Å². The number of nitrogens with zero attached hydrogens (tertiary/aromatic N) is 1. The second kappa shape index (κ2) is 9.32. The topological polar surface area (TPSA) is 103 Å². The van der Waals surface area contributed by atoms with Gasteiger partial charge in [0, 0.05) is 31.5 Å². The zero-order valence-electron chi connectivity index (χ0n) is 17.3. The van der Waals surface area contributed by atoms with Crippen LogP contribution in [0, 0.1) is 5.92 Å². The van der Waals surface area contributed by atoms with Gasteiger partial charge in [0.2, 0.25) is 10.0 Å². The van der Waals surface area contributed by atoms with Crippen LogP contribution in [0.1, 0.15) is 39.5 Å². The number of fused-ring (bicyclic) bond motifs is 1. The molecule has 9 heteroatoms. The summed E-state index contributed by atoms with van der Waals surface area (Å²) in [6.45, 7) is 5.11. The fourth-order valence-electron chi connectivity index (χ4n) is 3.69. The van der Waals surface area contributed by atoms with Gasteiger partial charge in [-0.1, -0.05) is 0 Å². The van der Waals surface area contributed by atoms with Crippen molar-refractivity contribution < 1.29 is 17.6 Å². The first-order valence-electron chi connectivity index (χ1n) is 10.2. The number of benzene rings is 1. The minimum absolute atomic E-state index is 0.0381. The third-order valence-electron chi connectivity index (χ3n) is 5.58. The minimum Gasteiger partial charge on any atom is -0.408 e. The molecular formula is C20H31N3O5S. The lowest BCUT2D eigenvalue weighted by Crippen LogP contribution is -2.41. The molecule has 0 aliphatic heterocycles. The minimum atomic E-state index is -3.21. The summed E-state index contributed by atoms with van der Waals surface area (Å²) in [4.78, 5) is 12.0. The van der Waals surface area contributed by atoms with Crippen LogP contribution in [0.4, 0.5) is 5.69 Å². The van der Waals surface area contributed by atoms with Crippen molar-refractivity contribution >= 4 is 26.8 Å². The van der Waals surface area contributed by atoms with E-state index < -0.39 is 15.3 Å². The highest BCUT2D eigenvalue weighted by atomic mass is 32.2. The van der Waals surface area contributed by atoms with E-state index in [4.69, 9.17) is 9.15 Å². The van der Waals surface area contributed by atoms with Crippen molar-refractivity contribution in [3.63, 3.8) is 0 Å². The van der Waals surface area contributed by atoms with Crippen LogP contribution in [0.15, 0.2) is 27.4 Å². The first-order chi connectivity index (χ1) is 13.8. The molecule has 1 saturated carbocycles. The molecule has 8 nitrogen and oxygen atoms in total. The molecule has 1 fully saturated rings. The Bertz CT molecular complexity index is 972. The molecule has 2 aromatic rings. The van der Waals surface area contributed by atoms with Gasteiger partial charge in [-0.3, -0.25) is 4.57 Å². The van der Waals surface area contributed by atoms with Gasteiger partial charge < -0.3 is 14.5 Å². The van der Waals surface area contributed by atoms with E-state index in [2.05, 4.69) is 10.0 Å². The Morgan fingerprint density at radius 3 is 2.62 bits per heavy atom. The molecule has 0 bridgehead atoms. The lowest BCUT2D eigenvalue weighted by Gasteiger charge is -2.29. The Labute approximate surface area is 171 Å². The van der Waals surface area contributed by atoms with Crippen LogP contribution in [0.25, 0.3) is 11.1 Å². The van der Waals surface area contributed by atoms with Gasteiger partial charge in [-0.15, -0.1) is 0 Å². The molecule has 1 heterocycles. The van der Waals surface area contributed by atoms with Crippen LogP contribution >= 0.6 is 0 Å². The zero-order valence-corrected chi connectivity index (χ0v) is 18.1. The summed E-state index contributed by atoms with van der Waals surface area (Å²) >= 11 is 0. The molecule has 1 aliphatic carbocycles. The number of ether oxygens (including phenoxy) is 1. The number of hydrogen-bond donors (Lipinski definition) is 2. The fourth-order valence-corrected chi connectivity index (χ4v) is 4.66. The Morgan fingerprint density at radius 2 is 1.97 bits per heavy atom. The third-order valence-corrected chi connectivity index (χ3v) is 7.48. The maximum absolute atomic E-state index is 12.0. The first-order valence-corrected chi connectivity index (χ1v) is 11.7. The summed E-state index contributed by atoms with van der Waals surface area (Å²) in [5, 5.41) is 3.02. The van der Waals surface area contributed by atoms with Gasteiger partial charge in [0.1, 0.15) is 0 Å². The Morgan fingerprint density at radius 1 is 1.24 bits per heavy atom. The van der Waals surface area contributed by atoms with Gasteiger partial charge in [0.05, 0.1) is 23.9 Å². The Balaban J connectivity index is 1.53. The summed E-state index contributed by atoms with van der Waals surface area (Å²) < 4.78 is 38.8. The monoisotopic (exact) mass is 425 g/mol. The maximum atomic E-state index is 12.0. The molecule has 1 aliphatic rings. The average molecular weight is 426 g/mol. The number of hydrogen-bond acceptors (Lipinski definition) is 6. The largest absolute Gasteiger partial charge is 0.420 e. The highest BCUT2D eigenvalue weighted by Gasteiger charge is 2.26. The van der Waals surface area contributed by atoms with E-state index in [1.54, 1.807) is 25.5 Å². The third kappa shape index (κ3) is 5.40. The molecule has 0 amide bonds. The van der Waals surface area contributed by atoms with E-state index in [1.165, 1.54) is 0 Å². The molecule has 0 radical (unpaired) electrons. The predicted octanol–water partition coefficient (Wildman–Crippen LogP) is 2.54. The van der Waals surface area contributed by atoms with Gasteiger partial charge in [0.15, 0.2) is 5.58 Å². The Kier molecular flexibility index (Phi) is 7.02. The molecule has 0 unspecified atom stereocenters. The standard InChI is InChI=1S/C20H31N3O5S/c1-14(2)29(25,26)22-16-6-4-15(5-7-16)13-21-17-8-9-18-19(12-17)28-20(24)23(18)10-11-27-3/h8-9,12,14-16,21-22H,4-7,10-11,13H2,1-3H3/t15-,16-. The fraction of sp³-hybridized carbons (Fsp3) is 0.650. The molecule has 0 spiro atoms. The summed E-state index contributed by atoms with van der Waals surface area (Å²) in [6.07, 6.45) is 3.66. The summed E-state index contributed by atoms with van der Waals surface area (Å²) in [6, 6.07) is 5.72. The lowest BCUT2D eigenvalue weighted by molar-refractivity contribution is 0.186. The van der Waals surface area contributed by atoms with Crippen LogP contribution in [0.3, 0.4) is 0 Å². The first kappa shape index (κ1) is 21.9. The lowest BCUT2D eigenvalue weighted by atomic mass is 9.86. The number of rotatable bonds is 9. The van der Waals surface area contributed by atoms with Crippen LogP contribution in [-0.4, -0.2) is 44.5 Å². The van der Waals surface area contributed by atoms with Gasteiger partial charge in [-0.05, 0) is 57.6 Å². The summed E-state index contributed by atoms with van der Waals surface area (Å²) in [5.74, 6) is 0.111. The second-order valence-corrected chi connectivity index (χ2v) is 10.3. The normalized spacial score (nSPS) is 20.4. The van der Waals surface area contributed by atoms with Crippen molar-refractivity contribution in [3.8, 4) is 0 Å². The van der Waals surface area contributed by atoms with Gasteiger partial charge in [-0.2, -0.15) is 0 Å². The van der Waals surface area contributed by atoms with Crippen molar-refractivity contribution in [3.05, 3.63) is 28.7 Å². The van der Waals surface area contributed by atoms with Crippen LogP contribution < -0.4 is 15.8 Å². The molecule has 1 aromatic heterocycles. The van der Waals surface area contributed by atoms with Gasteiger partial charge >= 0.3 is 5.76 Å². The molecule has 3 rings (SSSR count). The molecular weight excluding hydrogens is 394 g/mol. The number of oxazole rings is 1. The number of nitrogens with one attached hydrogen (secondary N) is 2. The quantitative estimate of drug-likeness (QED) is 0.640. The van der Waals surface area contributed by atoms with E-state index in [1.807, 2.05) is 18.2 Å². The average Bonchev–Trinajstić information content (AvgIpc) is 2.99. The molecule has 1 aromatic carbocycles. The van der Waals surface area contributed by atoms with Crippen molar-refractivity contribution in [2.24, 2.45) is 5.92 Å². The molecule has 0 atom stereocenters. The van der Waals surface area contributed by atoms with E-state index in [0.29, 0.717) is 24.7 Å². The van der Waals surface area contributed by atoms with Crippen LogP contribution in [-0.2, 0) is 21.3 Å². The van der Waals surface area contributed by atoms with Crippen molar-refractivity contribution in [1.29, 1.82) is 0 Å². The van der Waals surface area contributed by atoms with Crippen molar-refractivity contribution in [1.82, 2.24) is 9.29 Å². The predicted molar refractivity (Wildman–Crippen MR) is 114 cm³/mol. The molecule has 29 heavy (non-hydrogen) atoms. The van der Waals surface area contributed by atoms with Crippen LogP contribution in [0.2, 0.25) is 0 Å². The second-order valence-electron chi connectivity index (χ2n) is 8.01. The van der Waals surface area contributed by atoms with Crippen molar-refractivity contribution in [2.45, 2.75) is 57.4 Å². The van der Waals surface area contributed by atoms with E-state index >= 15 is 0 Å². The van der Waals surface area contributed by atoms with Gasteiger partial charge in [0.25, 0.3) is 0 Å². The highest BCUT2D eigenvalue weighted by molar-refractivity contribution is 7.90. The van der Waals surface area contributed by atoms with E-state index in [9.17, 15) is 13.2 Å². The number of aromatic nitrogens is 1. The number of methoxy groups -OCH3 is 1. The van der Waals surface area contributed by atoms with Gasteiger partial charge in [-0.25, -0.2) is 17.9 Å². The maximum Gasteiger partial charge on any atom is 0.420 e. The number of sulfonamides is 1. The number of anilines is 1. The van der Waals surface area contributed by atoms with Crippen molar-refractivity contribution in [2.75, 3.05) is 25.6 Å². The Hall–Kier alpha value is -1.84. The smallest absolute Gasteiger partial charge is 0.408 e. The molecule has 162 valence electrons. The SMILES string of the molecule is COCCn1c(=O)oc2cc(NC[C@H]3CC[C@H](NS(=O)(=O)C(C)C)CC3)ccc21.